The van der Waals surface area contributed by atoms with E-state index in [0.717, 1.165) is 21.6 Å². The Kier molecular flexibility index (Phi) is 7.82. The molecule has 5 amide bonds. The fraction of sp³-hybridized carbons (Fsp3) is 0.375. The highest BCUT2D eigenvalue weighted by Crippen LogP contribution is 2.35. The summed E-state index contributed by atoms with van der Waals surface area (Å²) in [6.07, 6.45) is 6.24. The number of nitrogens with zero attached hydrogens (tertiary/aromatic N) is 2. The number of fused-ring (bicyclic) bond motifs is 1. The fourth-order valence-corrected chi connectivity index (χ4v) is 5.15. The summed E-state index contributed by atoms with van der Waals surface area (Å²) < 4.78 is 28.8. The molecule has 0 bridgehead atoms. The predicted octanol–water partition coefficient (Wildman–Crippen LogP) is 2.78. The minimum atomic E-state index is -2.94. The van der Waals surface area contributed by atoms with Crippen LogP contribution in [0, 0.1) is 11.8 Å². The van der Waals surface area contributed by atoms with Crippen LogP contribution in [0.25, 0.3) is 6.08 Å². The van der Waals surface area contributed by atoms with E-state index in [0.29, 0.717) is 18.4 Å². The Morgan fingerprint density at radius 3 is 2.28 bits per heavy atom. The maximum Gasteiger partial charge on any atom is 0.387 e. The number of benzene rings is 1. The summed E-state index contributed by atoms with van der Waals surface area (Å²) in [6.45, 7) is -2.99. The summed E-state index contributed by atoms with van der Waals surface area (Å²) in [5.41, 5.74) is 0.525. The molecule has 0 unspecified atom stereocenters. The van der Waals surface area contributed by atoms with Crippen molar-refractivity contribution < 1.29 is 37.5 Å². The average Bonchev–Trinajstić information content (AvgIpc) is 3.25. The molecule has 1 aromatic rings. The predicted molar refractivity (Wildman–Crippen MR) is 125 cm³/mol. The van der Waals surface area contributed by atoms with E-state index in [1.165, 1.54) is 30.3 Å². The van der Waals surface area contributed by atoms with E-state index in [1.807, 2.05) is 12.2 Å². The van der Waals surface area contributed by atoms with Crippen molar-refractivity contribution in [2.24, 2.45) is 11.8 Å². The molecule has 3 aliphatic rings. The van der Waals surface area contributed by atoms with Gasteiger partial charge < -0.3 is 10.1 Å². The zero-order valence-electron chi connectivity index (χ0n) is 19.0. The second kappa shape index (κ2) is 11.0. The molecule has 1 N–H and O–H groups in total. The molecule has 36 heavy (non-hydrogen) atoms. The maximum absolute atomic E-state index is 12.6. The lowest BCUT2D eigenvalue weighted by Gasteiger charge is -2.15. The van der Waals surface area contributed by atoms with Crippen LogP contribution in [0.5, 0.6) is 5.75 Å². The van der Waals surface area contributed by atoms with E-state index >= 15 is 0 Å². The van der Waals surface area contributed by atoms with Gasteiger partial charge in [-0.3, -0.25) is 33.8 Å². The smallest absolute Gasteiger partial charge is 0.387 e. The van der Waals surface area contributed by atoms with Gasteiger partial charge in [0.05, 0.1) is 16.7 Å². The van der Waals surface area contributed by atoms with Crippen molar-refractivity contribution in [2.45, 2.75) is 25.9 Å². The Balaban J connectivity index is 1.23. The van der Waals surface area contributed by atoms with Crippen LogP contribution < -0.4 is 10.1 Å². The first-order valence-electron chi connectivity index (χ1n) is 11.3. The van der Waals surface area contributed by atoms with Crippen molar-refractivity contribution in [2.75, 3.05) is 19.6 Å². The number of thioether (sulfide) groups is 1. The first kappa shape index (κ1) is 25.5. The highest BCUT2D eigenvalue weighted by Gasteiger charge is 2.46. The van der Waals surface area contributed by atoms with Gasteiger partial charge in [0.25, 0.3) is 11.1 Å². The van der Waals surface area contributed by atoms with Gasteiger partial charge in [-0.05, 0) is 48.4 Å². The summed E-state index contributed by atoms with van der Waals surface area (Å²) in [4.78, 5) is 64.3. The molecule has 1 aromatic carbocycles. The molecule has 12 heteroatoms. The molecule has 0 radical (unpaired) electrons. The van der Waals surface area contributed by atoms with Crippen LogP contribution >= 0.6 is 11.8 Å². The van der Waals surface area contributed by atoms with Crippen molar-refractivity contribution in [3.8, 4) is 5.75 Å². The number of carbonyl (C=O) groups excluding carboxylic acids is 5. The van der Waals surface area contributed by atoms with Crippen LogP contribution in [0.4, 0.5) is 13.6 Å². The van der Waals surface area contributed by atoms with Crippen molar-refractivity contribution in [3.63, 3.8) is 0 Å². The Labute approximate surface area is 209 Å². The number of hydrogen-bond acceptors (Lipinski definition) is 7. The molecular formula is C24H23F2N3O6S. The highest BCUT2D eigenvalue weighted by atomic mass is 32.2. The number of alkyl halides is 2. The van der Waals surface area contributed by atoms with Crippen molar-refractivity contribution in [3.05, 3.63) is 46.9 Å². The number of imide groups is 2. The molecule has 9 nitrogen and oxygen atoms in total. The lowest BCUT2D eigenvalue weighted by Crippen LogP contribution is -2.39. The molecule has 190 valence electrons. The maximum atomic E-state index is 12.6. The highest BCUT2D eigenvalue weighted by molar-refractivity contribution is 8.18. The van der Waals surface area contributed by atoms with Gasteiger partial charge in [-0.1, -0.05) is 24.3 Å². The summed E-state index contributed by atoms with van der Waals surface area (Å²) in [6, 6.07) is 5.61. The lowest BCUT2D eigenvalue weighted by atomic mass is 9.85. The van der Waals surface area contributed by atoms with E-state index in [9.17, 15) is 32.8 Å². The second-order valence-corrected chi connectivity index (χ2v) is 9.36. The van der Waals surface area contributed by atoms with Gasteiger partial charge in [0.1, 0.15) is 5.75 Å². The summed E-state index contributed by atoms with van der Waals surface area (Å²) in [5, 5.41) is 2.11. The molecule has 0 aromatic heterocycles. The van der Waals surface area contributed by atoms with Crippen molar-refractivity contribution in [1.82, 2.24) is 15.1 Å². The second-order valence-electron chi connectivity index (χ2n) is 8.36. The molecule has 2 fully saturated rings. The molecular weight excluding hydrogens is 496 g/mol. The van der Waals surface area contributed by atoms with E-state index in [2.05, 4.69) is 10.1 Å². The zero-order chi connectivity index (χ0) is 25.8. The molecule has 2 saturated heterocycles. The number of hydrogen-bond donors (Lipinski definition) is 1. The quantitative estimate of drug-likeness (QED) is 0.303. The number of rotatable bonds is 9. The fourth-order valence-electron chi connectivity index (χ4n) is 4.29. The summed E-state index contributed by atoms with van der Waals surface area (Å²) >= 11 is 0.735. The van der Waals surface area contributed by atoms with Crippen LogP contribution in [0.2, 0.25) is 0 Å². The molecule has 0 spiro atoms. The first-order chi connectivity index (χ1) is 17.2. The van der Waals surface area contributed by atoms with E-state index in [4.69, 9.17) is 0 Å². The van der Waals surface area contributed by atoms with Crippen LogP contribution in [0.1, 0.15) is 24.8 Å². The standard InChI is InChI=1S/C24H23F2N3O6S/c25-23(26)35-15-7-5-14(6-8-15)13-18-22(33)29(24(34)36-18)12-10-27-19(30)9-11-28-20(31)16-3-1-2-4-17(16)21(28)32/h1-2,5-8,13,16-17,23H,3-4,9-12H2,(H,27,30)/b18-13+/t16-,17-/m0/s1. The van der Waals surface area contributed by atoms with E-state index in [-0.39, 0.29) is 60.4 Å². The van der Waals surface area contributed by atoms with Gasteiger partial charge in [-0.15, -0.1) is 0 Å². The number of nitrogens with one attached hydrogen (secondary N) is 1. The average molecular weight is 520 g/mol. The van der Waals surface area contributed by atoms with Crippen LogP contribution in [-0.2, 0) is 19.2 Å². The molecule has 2 aliphatic heterocycles. The molecule has 1 aliphatic carbocycles. The third-order valence-electron chi connectivity index (χ3n) is 6.10. The third kappa shape index (κ3) is 5.64. The van der Waals surface area contributed by atoms with Gasteiger partial charge in [0, 0.05) is 26.1 Å². The third-order valence-corrected chi connectivity index (χ3v) is 7.00. The normalized spacial score (nSPS) is 22.7. The van der Waals surface area contributed by atoms with Gasteiger partial charge >= 0.3 is 6.61 Å². The number of halogens is 2. The number of likely N-dealkylation sites (tertiary alicyclic amines) is 1. The van der Waals surface area contributed by atoms with Gasteiger partial charge in [0.15, 0.2) is 0 Å². The van der Waals surface area contributed by atoms with Gasteiger partial charge in [0.2, 0.25) is 17.7 Å². The Morgan fingerprint density at radius 2 is 1.67 bits per heavy atom. The van der Waals surface area contributed by atoms with Gasteiger partial charge in [-0.25, -0.2) is 0 Å². The van der Waals surface area contributed by atoms with Gasteiger partial charge in [-0.2, -0.15) is 8.78 Å². The van der Waals surface area contributed by atoms with Crippen molar-refractivity contribution in [1.29, 1.82) is 0 Å². The molecule has 2 heterocycles. The largest absolute Gasteiger partial charge is 0.435 e. The Bertz CT molecular complexity index is 1110. The summed E-state index contributed by atoms with van der Waals surface area (Å²) in [5.74, 6) is -2.15. The molecule has 2 atom stereocenters. The zero-order valence-corrected chi connectivity index (χ0v) is 19.8. The van der Waals surface area contributed by atoms with Crippen LogP contribution in [-0.4, -0.2) is 64.9 Å². The Morgan fingerprint density at radius 1 is 1.03 bits per heavy atom. The van der Waals surface area contributed by atoms with E-state index < -0.39 is 23.7 Å². The van der Waals surface area contributed by atoms with Crippen molar-refractivity contribution >= 4 is 46.7 Å². The number of ether oxygens (including phenoxy) is 1. The number of allylic oxidation sites excluding steroid dienone is 2. The van der Waals surface area contributed by atoms with E-state index in [1.54, 1.807) is 0 Å². The number of carbonyl (C=O) groups is 5. The minimum Gasteiger partial charge on any atom is -0.435 e. The first-order valence-corrected chi connectivity index (χ1v) is 12.1. The monoisotopic (exact) mass is 519 g/mol. The molecule has 4 rings (SSSR count). The lowest BCUT2D eigenvalue weighted by molar-refractivity contribution is -0.140. The van der Waals surface area contributed by atoms with Crippen LogP contribution in [0.15, 0.2) is 41.3 Å². The SMILES string of the molecule is O=C(CCN1C(=O)[C@H]2CC=CC[C@@H]2C1=O)NCCN1C(=O)S/C(=C/c2ccc(OC(F)F)cc2)C1=O. The summed E-state index contributed by atoms with van der Waals surface area (Å²) in [7, 11) is 0. The minimum absolute atomic E-state index is 0.0119. The Hall–Kier alpha value is -3.54. The topological polar surface area (TPSA) is 113 Å². The number of amides is 5. The van der Waals surface area contributed by atoms with Crippen LogP contribution in [0.3, 0.4) is 0 Å². The molecule has 0 saturated carbocycles.